The monoisotopic (exact) mass is 454 g/mol. The summed E-state index contributed by atoms with van der Waals surface area (Å²) in [6, 6.07) is 5.08. The van der Waals surface area contributed by atoms with E-state index in [1.54, 1.807) is 39.0 Å². The highest BCUT2D eigenvalue weighted by atomic mass is 16.7. The zero-order chi connectivity index (χ0) is 24.3. The third-order valence-electron chi connectivity index (χ3n) is 4.49. The molecule has 32 heavy (non-hydrogen) atoms. The number of aliphatic hydroxyl groups excluding tert-OH is 3. The van der Waals surface area contributed by atoms with Gasteiger partial charge in [0.05, 0.1) is 23.4 Å². The number of aliphatic hydroxyl groups is 3. The summed E-state index contributed by atoms with van der Waals surface area (Å²) < 4.78 is 15.5. The SMILES string of the molecule is CC(C)(C)Nc1cc(COC(=O)C(C)(C)C)ccc1NC(=O)O[C@@H]1OC[C@@H](O)[C@H](O)[C@H]1O. The average molecular weight is 455 g/mol. The van der Waals surface area contributed by atoms with E-state index in [2.05, 4.69) is 10.6 Å². The lowest BCUT2D eigenvalue weighted by atomic mass is 9.97. The van der Waals surface area contributed by atoms with E-state index in [4.69, 9.17) is 14.2 Å². The van der Waals surface area contributed by atoms with Crippen molar-refractivity contribution in [3.63, 3.8) is 0 Å². The summed E-state index contributed by atoms with van der Waals surface area (Å²) in [5, 5.41) is 35.0. The number of carbonyl (C=O) groups excluding carboxylic acids is 2. The number of esters is 1. The highest BCUT2D eigenvalue weighted by Gasteiger charge is 2.40. The standard InChI is InChI=1S/C22H34N2O8/c1-21(2,3)19(28)31-10-12-7-8-13(14(9-12)24-22(4,5)6)23-20(29)32-18-17(27)16(26)15(25)11-30-18/h7-9,15-18,24-27H,10-11H2,1-6H3,(H,23,29)/t15-,16+,17-,18+/m1/s1. The summed E-state index contributed by atoms with van der Waals surface area (Å²) in [4.78, 5) is 24.4. The van der Waals surface area contributed by atoms with Crippen LogP contribution >= 0.6 is 0 Å². The van der Waals surface area contributed by atoms with Crippen LogP contribution in [0.1, 0.15) is 47.1 Å². The van der Waals surface area contributed by atoms with Crippen LogP contribution in [0.4, 0.5) is 16.2 Å². The normalized spacial score (nSPS) is 23.9. The van der Waals surface area contributed by atoms with Crippen LogP contribution in [-0.2, 0) is 25.6 Å². The van der Waals surface area contributed by atoms with Gasteiger partial charge in [0.15, 0.2) is 0 Å². The van der Waals surface area contributed by atoms with Crippen molar-refractivity contribution in [2.75, 3.05) is 17.2 Å². The Balaban J connectivity index is 2.12. The van der Waals surface area contributed by atoms with Gasteiger partial charge in [-0.25, -0.2) is 4.79 Å². The number of ether oxygens (including phenoxy) is 3. The molecule has 1 fully saturated rings. The minimum atomic E-state index is -1.59. The summed E-state index contributed by atoms with van der Waals surface area (Å²) in [5.41, 5.74) is 0.717. The molecule has 5 N–H and O–H groups in total. The van der Waals surface area contributed by atoms with Crippen LogP contribution in [0.3, 0.4) is 0 Å². The Hall–Kier alpha value is -2.40. The molecule has 4 atom stereocenters. The van der Waals surface area contributed by atoms with E-state index >= 15 is 0 Å². The molecule has 0 spiro atoms. The first-order valence-electron chi connectivity index (χ1n) is 10.4. The molecule has 1 aromatic carbocycles. The predicted molar refractivity (Wildman–Crippen MR) is 117 cm³/mol. The molecule has 180 valence electrons. The van der Waals surface area contributed by atoms with Gasteiger partial charge in [-0.15, -0.1) is 0 Å². The summed E-state index contributed by atoms with van der Waals surface area (Å²) >= 11 is 0. The molecule has 0 saturated carbocycles. The van der Waals surface area contributed by atoms with Crippen LogP contribution in [0, 0.1) is 5.41 Å². The number of nitrogens with one attached hydrogen (secondary N) is 2. The molecule has 1 amide bonds. The summed E-state index contributed by atoms with van der Waals surface area (Å²) in [7, 11) is 0. The van der Waals surface area contributed by atoms with Gasteiger partial charge in [0.2, 0.25) is 6.29 Å². The molecule has 1 heterocycles. The summed E-state index contributed by atoms with van der Waals surface area (Å²) in [6.07, 6.45) is -6.69. The second kappa shape index (κ2) is 10.0. The first-order chi connectivity index (χ1) is 14.7. The number of carbonyl (C=O) groups is 2. The van der Waals surface area contributed by atoms with Crippen molar-refractivity contribution in [1.29, 1.82) is 0 Å². The van der Waals surface area contributed by atoms with E-state index in [0.29, 0.717) is 11.4 Å². The number of rotatable bonds is 5. The maximum Gasteiger partial charge on any atom is 0.414 e. The zero-order valence-electron chi connectivity index (χ0n) is 19.3. The van der Waals surface area contributed by atoms with Gasteiger partial charge in [0.1, 0.15) is 24.9 Å². The lowest BCUT2D eigenvalue weighted by Gasteiger charge is -2.34. The van der Waals surface area contributed by atoms with Crippen molar-refractivity contribution < 1.29 is 39.1 Å². The molecule has 0 radical (unpaired) electrons. The van der Waals surface area contributed by atoms with Crippen molar-refractivity contribution >= 4 is 23.4 Å². The van der Waals surface area contributed by atoms with Gasteiger partial charge < -0.3 is 34.8 Å². The van der Waals surface area contributed by atoms with E-state index in [-0.39, 0.29) is 24.7 Å². The first-order valence-corrected chi connectivity index (χ1v) is 10.4. The highest BCUT2D eigenvalue weighted by molar-refractivity contribution is 5.90. The van der Waals surface area contributed by atoms with E-state index < -0.39 is 36.1 Å². The minimum Gasteiger partial charge on any atom is -0.460 e. The van der Waals surface area contributed by atoms with Crippen LogP contribution < -0.4 is 10.6 Å². The summed E-state index contributed by atoms with van der Waals surface area (Å²) in [6.45, 7) is 10.9. The fourth-order valence-corrected chi connectivity index (χ4v) is 2.79. The zero-order valence-corrected chi connectivity index (χ0v) is 19.3. The quantitative estimate of drug-likeness (QED) is 0.421. The molecule has 0 unspecified atom stereocenters. The molecular formula is C22H34N2O8. The fourth-order valence-electron chi connectivity index (χ4n) is 2.79. The average Bonchev–Trinajstić information content (AvgIpc) is 2.66. The third kappa shape index (κ3) is 7.33. The van der Waals surface area contributed by atoms with Gasteiger partial charge in [-0.05, 0) is 59.2 Å². The molecule has 10 heteroatoms. The maximum absolute atomic E-state index is 12.4. The Labute approximate surface area is 187 Å². The van der Waals surface area contributed by atoms with Crippen LogP contribution in [0.2, 0.25) is 0 Å². The topological polar surface area (TPSA) is 147 Å². The van der Waals surface area contributed by atoms with Gasteiger partial charge in [-0.2, -0.15) is 0 Å². The smallest absolute Gasteiger partial charge is 0.414 e. The Morgan fingerprint density at radius 3 is 2.31 bits per heavy atom. The van der Waals surface area contributed by atoms with Crippen molar-refractivity contribution in [2.24, 2.45) is 5.41 Å². The van der Waals surface area contributed by atoms with Gasteiger partial charge >= 0.3 is 12.1 Å². The van der Waals surface area contributed by atoms with Gasteiger partial charge in [-0.1, -0.05) is 6.07 Å². The molecule has 0 aliphatic carbocycles. The van der Waals surface area contributed by atoms with E-state index in [1.807, 2.05) is 20.8 Å². The van der Waals surface area contributed by atoms with E-state index in [0.717, 1.165) is 5.56 Å². The molecule has 2 rings (SSSR count). The number of hydrogen-bond acceptors (Lipinski definition) is 9. The van der Waals surface area contributed by atoms with Crippen LogP contribution in [-0.4, -0.2) is 64.1 Å². The molecule has 0 aromatic heterocycles. The lowest BCUT2D eigenvalue weighted by molar-refractivity contribution is -0.249. The van der Waals surface area contributed by atoms with Crippen LogP contribution in [0.25, 0.3) is 0 Å². The molecule has 1 aromatic rings. The second-order valence-electron chi connectivity index (χ2n) is 9.86. The number of benzene rings is 1. The van der Waals surface area contributed by atoms with Gasteiger partial charge in [0.25, 0.3) is 0 Å². The third-order valence-corrected chi connectivity index (χ3v) is 4.49. The Morgan fingerprint density at radius 1 is 1.06 bits per heavy atom. The minimum absolute atomic E-state index is 0.0714. The maximum atomic E-state index is 12.4. The molecule has 1 aliphatic heterocycles. The first kappa shape index (κ1) is 25.9. The Kier molecular flexibility index (Phi) is 8.11. The van der Waals surface area contributed by atoms with Crippen molar-refractivity contribution in [2.45, 2.75) is 78.3 Å². The molecule has 1 aliphatic rings. The van der Waals surface area contributed by atoms with Crippen molar-refractivity contribution in [3.05, 3.63) is 23.8 Å². The lowest BCUT2D eigenvalue weighted by Crippen LogP contribution is -2.54. The number of hydrogen-bond donors (Lipinski definition) is 5. The summed E-state index contributed by atoms with van der Waals surface area (Å²) in [5.74, 6) is -0.327. The molecular weight excluding hydrogens is 420 g/mol. The number of anilines is 2. The van der Waals surface area contributed by atoms with Crippen LogP contribution in [0.15, 0.2) is 18.2 Å². The van der Waals surface area contributed by atoms with Gasteiger partial charge in [0, 0.05) is 5.54 Å². The molecule has 10 nitrogen and oxygen atoms in total. The number of amides is 1. The van der Waals surface area contributed by atoms with E-state index in [1.165, 1.54) is 0 Å². The molecule has 0 bridgehead atoms. The second-order valence-corrected chi connectivity index (χ2v) is 9.86. The van der Waals surface area contributed by atoms with Crippen LogP contribution in [0.5, 0.6) is 0 Å². The van der Waals surface area contributed by atoms with Gasteiger partial charge in [-0.3, -0.25) is 10.1 Å². The highest BCUT2D eigenvalue weighted by Crippen LogP contribution is 2.28. The molecule has 1 saturated heterocycles. The van der Waals surface area contributed by atoms with E-state index in [9.17, 15) is 24.9 Å². The largest absolute Gasteiger partial charge is 0.460 e. The van der Waals surface area contributed by atoms with Crippen molar-refractivity contribution in [3.8, 4) is 0 Å². The fraction of sp³-hybridized carbons (Fsp3) is 0.636. The van der Waals surface area contributed by atoms with Crippen molar-refractivity contribution in [1.82, 2.24) is 0 Å². The Morgan fingerprint density at radius 2 is 1.72 bits per heavy atom. The Bertz CT molecular complexity index is 815. The predicted octanol–water partition coefficient (Wildman–Crippen LogP) is 1.97.